The minimum absolute atomic E-state index is 0.830. The molecule has 0 bridgehead atoms. The molecule has 8 aromatic carbocycles. The molecule has 0 aliphatic carbocycles. The van der Waals surface area contributed by atoms with Crippen molar-refractivity contribution in [3.05, 3.63) is 158 Å². The van der Waals surface area contributed by atoms with Crippen LogP contribution in [0, 0.1) is 0 Å². The smallest absolute Gasteiger partial charge is 0.165 e. The van der Waals surface area contributed by atoms with Crippen molar-refractivity contribution in [1.82, 2.24) is 18.9 Å². The summed E-state index contributed by atoms with van der Waals surface area (Å²) in [5, 5.41) is 12.1. The Bertz CT molecular complexity index is 3370. The summed E-state index contributed by atoms with van der Waals surface area (Å²) in [5.41, 5.74) is 9.59. The summed E-state index contributed by atoms with van der Waals surface area (Å²) in [5.74, 6) is 0.830. The molecule has 4 aromatic heterocycles. The van der Waals surface area contributed by atoms with Gasteiger partial charge < -0.3 is 4.40 Å². The normalized spacial score (nSPS) is 12.4. The van der Waals surface area contributed by atoms with Gasteiger partial charge in [-0.1, -0.05) is 133 Å². The molecule has 0 atom stereocenters. The molecule has 12 rings (SSSR count). The van der Waals surface area contributed by atoms with Gasteiger partial charge in [0.15, 0.2) is 5.82 Å². The van der Waals surface area contributed by atoms with Gasteiger partial charge in [0.2, 0.25) is 0 Å². The fraction of sp³-hybridized carbons (Fsp3) is 0. The van der Waals surface area contributed by atoms with E-state index in [1.165, 1.54) is 59.6 Å². The second kappa shape index (κ2) is 9.43. The highest BCUT2D eigenvalue weighted by Gasteiger charge is 2.26. The SMILES string of the molecule is c1ccc(-c2nc3ccc4ccccc4c3nc2-n2c3cccc4c5cccc6c7ccccc7n(c7cc8ccccc8c2c7c43)c56)cc1. The number of rotatable bonds is 2. The van der Waals surface area contributed by atoms with Crippen LogP contribution in [-0.4, -0.2) is 18.9 Å². The summed E-state index contributed by atoms with van der Waals surface area (Å²) >= 11 is 0. The van der Waals surface area contributed by atoms with Crippen LogP contribution in [0.1, 0.15) is 0 Å². The average Bonchev–Trinajstić information content (AvgIpc) is 3.67. The second-order valence-corrected chi connectivity index (χ2v) is 13.3. The third kappa shape index (κ3) is 3.25. The molecule has 0 fully saturated rings. The van der Waals surface area contributed by atoms with Crippen molar-refractivity contribution < 1.29 is 0 Å². The average molecular weight is 635 g/mol. The third-order valence-corrected chi connectivity index (χ3v) is 10.8. The molecular weight excluding hydrogens is 609 g/mol. The Hall–Kier alpha value is -6.78. The van der Waals surface area contributed by atoms with Crippen molar-refractivity contribution in [2.75, 3.05) is 0 Å². The van der Waals surface area contributed by atoms with Gasteiger partial charge in [-0.05, 0) is 40.4 Å². The number of benzene rings is 8. The van der Waals surface area contributed by atoms with Gasteiger partial charge in [-0.25, -0.2) is 9.97 Å². The van der Waals surface area contributed by atoms with Crippen LogP contribution < -0.4 is 0 Å². The van der Waals surface area contributed by atoms with E-state index in [0.717, 1.165) is 49.9 Å². The Balaban J connectivity index is 1.40. The topological polar surface area (TPSA) is 35.1 Å². The van der Waals surface area contributed by atoms with Crippen LogP contribution in [0.3, 0.4) is 0 Å². The Morgan fingerprint density at radius 2 is 1.06 bits per heavy atom. The van der Waals surface area contributed by atoms with E-state index >= 15 is 0 Å². The van der Waals surface area contributed by atoms with Gasteiger partial charge in [-0.2, -0.15) is 0 Å². The van der Waals surface area contributed by atoms with Crippen LogP contribution in [0.2, 0.25) is 0 Å². The number of fused-ring (bicyclic) bond motifs is 10. The maximum absolute atomic E-state index is 5.65. The Labute approximate surface area is 285 Å². The molecule has 0 radical (unpaired) electrons. The quantitative estimate of drug-likeness (QED) is 0.177. The van der Waals surface area contributed by atoms with Gasteiger partial charge in [0, 0.05) is 43.3 Å². The van der Waals surface area contributed by atoms with Crippen LogP contribution in [0.25, 0.3) is 110 Å². The highest BCUT2D eigenvalue weighted by molar-refractivity contribution is 6.34. The number of nitrogens with zero attached hydrogens (tertiary/aromatic N) is 4. The zero-order valence-electron chi connectivity index (χ0n) is 26.8. The lowest BCUT2D eigenvalue weighted by molar-refractivity contribution is 1.09. The first-order chi connectivity index (χ1) is 24.8. The zero-order chi connectivity index (χ0) is 32.5. The van der Waals surface area contributed by atoms with Gasteiger partial charge in [0.25, 0.3) is 0 Å². The monoisotopic (exact) mass is 634 g/mol. The molecule has 4 heteroatoms. The third-order valence-electron chi connectivity index (χ3n) is 10.8. The van der Waals surface area contributed by atoms with Crippen LogP contribution in [-0.2, 0) is 0 Å². The summed E-state index contributed by atoms with van der Waals surface area (Å²) in [4.78, 5) is 11.1. The van der Waals surface area contributed by atoms with Crippen molar-refractivity contribution in [1.29, 1.82) is 0 Å². The number of hydrogen-bond acceptors (Lipinski definition) is 2. The lowest BCUT2D eigenvalue weighted by Crippen LogP contribution is -2.04. The lowest BCUT2D eigenvalue weighted by atomic mass is 10.0. The summed E-state index contributed by atoms with van der Waals surface area (Å²) < 4.78 is 4.92. The maximum Gasteiger partial charge on any atom is 0.165 e. The summed E-state index contributed by atoms with van der Waals surface area (Å²) in [6.07, 6.45) is 0. The van der Waals surface area contributed by atoms with E-state index in [4.69, 9.17) is 9.97 Å². The fourth-order valence-electron chi connectivity index (χ4n) is 8.74. The predicted molar refractivity (Wildman–Crippen MR) is 209 cm³/mol. The van der Waals surface area contributed by atoms with E-state index in [-0.39, 0.29) is 0 Å². The second-order valence-electron chi connectivity index (χ2n) is 13.3. The molecule has 50 heavy (non-hydrogen) atoms. The fourth-order valence-corrected chi connectivity index (χ4v) is 8.74. The first-order valence-corrected chi connectivity index (χ1v) is 17.1. The molecule has 0 aliphatic rings. The molecule has 230 valence electrons. The van der Waals surface area contributed by atoms with E-state index in [1.54, 1.807) is 0 Å². The summed E-state index contributed by atoms with van der Waals surface area (Å²) in [6.45, 7) is 0. The molecule has 0 N–H and O–H groups in total. The summed E-state index contributed by atoms with van der Waals surface area (Å²) in [7, 11) is 0. The molecule has 0 aliphatic heterocycles. The van der Waals surface area contributed by atoms with E-state index in [0.29, 0.717) is 0 Å². The molecule has 0 spiro atoms. The van der Waals surface area contributed by atoms with Gasteiger partial charge in [-0.15, -0.1) is 0 Å². The molecule has 0 amide bonds. The maximum atomic E-state index is 5.65. The molecule has 4 nitrogen and oxygen atoms in total. The Morgan fingerprint density at radius 3 is 1.94 bits per heavy atom. The number of hydrogen-bond donors (Lipinski definition) is 0. The van der Waals surface area contributed by atoms with E-state index in [9.17, 15) is 0 Å². The zero-order valence-corrected chi connectivity index (χ0v) is 26.8. The van der Waals surface area contributed by atoms with Crippen molar-refractivity contribution in [3.8, 4) is 17.1 Å². The highest BCUT2D eigenvalue weighted by atomic mass is 15.1. The lowest BCUT2D eigenvalue weighted by Gasteiger charge is -2.16. The van der Waals surface area contributed by atoms with E-state index in [1.807, 2.05) is 0 Å². The van der Waals surface area contributed by atoms with Crippen LogP contribution >= 0.6 is 0 Å². The van der Waals surface area contributed by atoms with Gasteiger partial charge >= 0.3 is 0 Å². The Kier molecular flexibility index (Phi) is 4.94. The minimum Gasteiger partial charge on any atom is -0.308 e. The molecule has 0 unspecified atom stereocenters. The van der Waals surface area contributed by atoms with Crippen molar-refractivity contribution in [2.24, 2.45) is 0 Å². The van der Waals surface area contributed by atoms with E-state index in [2.05, 4.69) is 167 Å². The van der Waals surface area contributed by atoms with Gasteiger partial charge in [0.05, 0.1) is 38.6 Å². The largest absolute Gasteiger partial charge is 0.308 e. The first kappa shape index (κ1) is 26.2. The highest BCUT2D eigenvalue weighted by Crippen LogP contribution is 2.47. The van der Waals surface area contributed by atoms with E-state index < -0.39 is 0 Å². The standard InChI is InChI=1S/C46H26N4/c1-2-13-28(14-3-1)42-46(48-43-30-16-6-4-12-27(30)24-25-36(43)47-42)50-38-23-11-19-33-35-21-10-20-34-32-18-8-9-22-37(32)49(44(34)35)39-26-29-15-5-7-17-31(29)45(50)41(39)40(33)38/h1-26H. The molecule has 12 aromatic rings. The molecular formula is C46H26N4. The van der Waals surface area contributed by atoms with Crippen molar-refractivity contribution in [3.63, 3.8) is 0 Å². The Morgan fingerprint density at radius 1 is 0.400 bits per heavy atom. The first-order valence-electron chi connectivity index (χ1n) is 17.1. The van der Waals surface area contributed by atoms with Crippen molar-refractivity contribution in [2.45, 2.75) is 0 Å². The summed E-state index contributed by atoms with van der Waals surface area (Å²) in [6, 6.07) is 56.8. The number of aromatic nitrogens is 4. The van der Waals surface area contributed by atoms with Crippen LogP contribution in [0.4, 0.5) is 0 Å². The molecule has 0 saturated heterocycles. The van der Waals surface area contributed by atoms with Gasteiger partial charge in [0.1, 0.15) is 5.69 Å². The predicted octanol–water partition coefficient (Wildman–Crippen LogP) is 11.9. The minimum atomic E-state index is 0.830. The molecule has 0 saturated carbocycles. The molecule has 4 heterocycles. The van der Waals surface area contributed by atoms with Gasteiger partial charge in [-0.3, -0.25) is 4.57 Å². The van der Waals surface area contributed by atoms with Crippen LogP contribution in [0.5, 0.6) is 0 Å². The number of para-hydroxylation sites is 2. The van der Waals surface area contributed by atoms with Crippen molar-refractivity contribution >= 4 is 92.5 Å². The van der Waals surface area contributed by atoms with Crippen LogP contribution in [0.15, 0.2) is 158 Å².